The monoisotopic (exact) mass is 523 g/mol. The summed E-state index contributed by atoms with van der Waals surface area (Å²) in [5, 5.41) is 2.59. The molecule has 1 amide bonds. The number of carbonyl (C=O) groups excluding carboxylic acids is 1. The average Bonchev–Trinajstić information content (AvgIpc) is 2.82. The lowest BCUT2D eigenvalue weighted by atomic mass is 10.0. The molecule has 0 spiro atoms. The van der Waals surface area contributed by atoms with Gasteiger partial charge < -0.3 is 15.0 Å². The molecule has 0 saturated carbocycles. The van der Waals surface area contributed by atoms with Crippen molar-refractivity contribution in [1.82, 2.24) is 9.88 Å². The molecule has 0 aliphatic carbocycles. The van der Waals surface area contributed by atoms with Crippen LogP contribution in [0.1, 0.15) is 65.9 Å². The van der Waals surface area contributed by atoms with Crippen LogP contribution in [0.3, 0.4) is 0 Å². The highest BCUT2D eigenvalue weighted by Crippen LogP contribution is 2.34. The molecular formula is C30H32F3N3O2. The van der Waals surface area contributed by atoms with Crippen LogP contribution in [0.5, 0.6) is 5.75 Å². The molecule has 0 aliphatic rings. The first kappa shape index (κ1) is 28.7. The van der Waals surface area contributed by atoms with Gasteiger partial charge in [0.1, 0.15) is 11.4 Å². The van der Waals surface area contributed by atoms with Crippen LogP contribution in [-0.2, 0) is 12.7 Å². The van der Waals surface area contributed by atoms with Crippen molar-refractivity contribution in [2.24, 2.45) is 0 Å². The van der Waals surface area contributed by atoms with Crippen molar-refractivity contribution in [2.75, 3.05) is 18.9 Å². The van der Waals surface area contributed by atoms with Crippen LogP contribution >= 0.6 is 0 Å². The van der Waals surface area contributed by atoms with E-state index in [-0.39, 0.29) is 29.0 Å². The molecule has 8 heteroatoms. The number of benzene rings is 2. The van der Waals surface area contributed by atoms with E-state index in [1.54, 1.807) is 48.6 Å². The van der Waals surface area contributed by atoms with Crippen LogP contribution in [-0.4, -0.2) is 35.0 Å². The Morgan fingerprint density at radius 1 is 1.05 bits per heavy atom. The van der Waals surface area contributed by atoms with Gasteiger partial charge in [-0.25, -0.2) is 0 Å². The average molecular weight is 524 g/mol. The quantitative estimate of drug-likeness (QED) is 0.366. The molecule has 0 fully saturated rings. The molecule has 1 aromatic heterocycles. The van der Waals surface area contributed by atoms with E-state index in [2.05, 4.69) is 22.1 Å². The zero-order chi connectivity index (χ0) is 28.1. The molecular weight excluding hydrogens is 491 g/mol. The van der Waals surface area contributed by atoms with Crippen molar-refractivity contribution in [2.45, 2.75) is 52.9 Å². The minimum absolute atomic E-state index is 0.0696. The summed E-state index contributed by atoms with van der Waals surface area (Å²) in [7, 11) is 1.75. The molecule has 1 heterocycles. The van der Waals surface area contributed by atoms with Crippen LogP contribution in [0.25, 0.3) is 0 Å². The summed E-state index contributed by atoms with van der Waals surface area (Å²) < 4.78 is 47.0. The van der Waals surface area contributed by atoms with E-state index in [4.69, 9.17) is 4.74 Å². The molecule has 0 bridgehead atoms. The lowest BCUT2D eigenvalue weighted by Gasteiger charge is -2.20. The minimum atomic E-state index is -4.54. The van der Waals surface area contributed by atoms with Crippen LogP contribution in [0, 0.1) is 18.8 Å². The summed E-state index contributed by atoms with van der Waals surface area (Å²) in [5.74, 6) is 6.17. The van der Waals surface area contributed by atoms with Gasteiger partial charge in [-0.05, 0) is 82.7 Å². The first-order valence-corrected chi connectivity index (χ1v) is 12.2. The van der Waals surface area contributed by atoms with Gasteiger partial charge in [0.15, 0.2) is 0 Å². The number of ether oxygens (including phenoxy) is 1. The molecule has 38 heavy (non-hydrogen) atoms. The van der Waals surface area contributed by atoms with Crippen LogP contribution in [0.4, 0.5) is 18.9 Å². The number of halogens is 3. The Morgan fingerprint density at radius 2 is 1.79 bits per heavy atom. The van der Waals surface area contributed by atoms with E-state index in [1.807, 2.05) is 34.6 Å². The van der Waals surface area contributed by atoms with Crippen LogP contribution < -0.4 is 10.1 Å². The Morgan fingerprint density at radius 3 is 2.45 bits per heavy atom. The second-order valence-corrected chi connectivity index (χ2v) is 10.1. The standard InChI is InChI=1S/C30H32F3N3O2/c1-7-36(6)19-24-12-13-25(16-27(24)30(31,32)33)35-28(37)23-10-8-20(2)22(15-23)11-9-21-14-26(18-34-17-21)38-29(3,4)5/h8,10,12-18H,7,19H2,1-6H3,(H,35,37). The van der Waals surface area contributed by atoms with Crippen molar-refractivity contribution >= 4 is 11.6 Å². The minimum Gasteiger partial charge on any atom is -0.486 e. The fourth-order valence-corrected chi connectivity index (χ4v) is 3.60. The molecule has 0 unspecified atom stereocenters. The number of nitrogens with one attached hydrogen (secondary N) is 1. The first-order chi connectivity index (χ1) is 17.7. The molecule has 5 nitrogen and oxygen atoms in total. The Hall–Kier alpha value is -3.83. The van der Waals surface area contributed by atoms with Gasteiger partial charge in [-0.3, -0.25) is 9.78 Å². The molecule has 1 N–H and O–H groups in total. The van der Waals surface area contributed by atoms with Crippen LogP contribution in [0.15, 0.2) is 54.9 Å². The van der Waals surface area contributed by atoms with Gasteiger partial charge in [0.2, 0.25) is 0 Å². The fourth-order valence-electron chi connectivity index (χ4n) is 3.60. The van der Waals surface area contributed by atoms with Gasteiger partial charge in [-0.2, -0.15) is 13.2 Å². The highest BCUT2D eigenvalue weighted by Gasteiger charge is 2.34. The maximum absolute atomic E-state index is 13.7. The Labute approximate surface area is 222 Å². The predicted molar refractivity (Wildman–Crippen MR) is 143 cm³/mol. The number of hydrogen-bond acceptors (Lipinski definition) is 4. The predicted octanol–water partition coefficient (Wildman–Crippen LogP) is 6.69. The van der Waals surface area contributed by atoms with Gasteiger partial charge in [0, 0.05) is 35.1 Å². The lowest BCUT2D eigenvalue weighted by molar-refractivity contribution is -0.138. The number of hydrogen-bond donors (Lipinski definition) is 1. The van der Waals surface area contributed by atoms with Gasteiger partial charge in [0.25, 0.3) is 5.91 Å². The fraction of sp³-hybridized carbons (Fsp3) is 0.333. The molecule has 0 saturated heterocycles. The highest BCUT2D eigenvalue weighted by molar-refractivity contribution is 6.04. The first-order valence-electron chi connectivity index (χ1n) is 12.2. The van der Waals surface area contributed by atoms with Gasteiger partial charge in [-0.15, -0.1) is 0 Å². The van der Waals surface area contributed by atoms with Crippen LogP contribution in [0.2, 0.25) is 0 Å². The number of pyridine rings is 1. The summed E-state index contributed by atoms with van der Waals surface area (Å²) in [4.78, 5) is 18.9. The Bertz CT molecular complexity index is 1370. The second-order valence-electron chi connectivity index (χ2n) is 10.1. The SMILES string of the molecule is CCN(C)Cc1ccc(NC(=O)c2ccc(C)c(C#Cc3cncc(OC(C)(C)C)c3)c2)cc1C(F)(F)F. The summed E-state index contributed by atoms with van der Waals surface area (Å²) in [6.07, 6.45) is -1.30. The molecule has 3 aromatic rings. The van der Waals surface area contributed by atoms with E-state index in [9.17, 15) is 18.0 Å². The normalized spacial score (nSPS) is 11.6. The zero-order valence-corrected chi connectivity index (χ0v) is 22.5. The van der Waals surface area contributed by atoms with E-state index >= 15 is 0 Å². The van der Waals surface area contributed by atoms with Crippen molar-refractivity contribution in [3.05, 3.63) is 88.2 Å². The third kappa shape index (κ3) is 8.09. The molecule has 2 aromatic carbocycles. The Balaban J connectivity index is 1.83. The topological polar surface area (TPSA) is 54.5 Å². The van der Waals surface area contributed by atoms with Gasteiger partial charge >= 0.3 is 6.18 Å². The lowest BCUT2D eigenvalue weighted by Crippen LogP contribution is -2.23. The van der Waals surface area contributed by atoms with E-state index < -0.39 is 17.6 Å². The summed E-state index contributed by atoms with van der Waals surface area (Å²) in [6, 6.07) is 10.6. The number of aromatic nitrogens is 1. The van der Waals surface area contributed by atoms with Crippen molar-refractivity contribution in [3.8, 4) is 17.6 Å². The smallest absolute Gasteiger partial charge is 0.416 e. The third-order valence-corrected chi connectivity index (χ3v) is 5.63. The number of rotatable bonds is 6. The number of aryl methyl sites for hydroxylation is 1. The van der Waals surface area contributed by atoms with Crippen molar-refractivity contribution < 1.29 is 22.7 Å². The van der Waals surface area contributed by atoms with Gasteiger partial charge in [-0.1, -0.05) is 30.9 Å². The summed E-state index contributed by atoms with van der Waals surface area (Å²) in [6.45, 7) is 10.3. The zero-order valence-electron chi connectivity index (χ0n) is 22.5. The third-order valence-electron chi connectivity index (χ3n) is 5.63. The van der Waals surface area contributed by atoms with Gasteiger partial charge in [0.05, 0.1) is 11.8 Å². The number of carbonyl (C=O) groups is 1. The Kier molecular flexibility index (Phi) is 8.85. The molecule has 0 radical (unpaired) electrons. The largest absolute Gasteiger partial charge is 0.486 e. The van der Waals surface area contributed by atoms with E-state index in [1.165, 1.54) is 12.1 Å². The molecule has 0 atom stereocenters. The van der Waals surface area contributed by atoms with E-state index in [0.29, 0.717) is 23.4 Å². The van der Waals surface area contributed by atoms with Crippen molar-refractivity contribution in [3.63, 3.8) is 0 Å². The second kappa shape index (κ2) is 11.7. The number of alkyl halides is 3. The van der Waals surface area contributed by atoms with Crippen molar-refractivity contribution in [1.29, 1.82) is 0 Å². The molecule has 200 valence electrons. The summed E-state index contributed by atoms with van der Waals surface area (Å²) in [5.41, 5.74) is 1.48. The number of anilines is 1. The highest BCUT2D eigenvalue weighted by atomic mass is 19.4. The number of nitrogens with zero attached hydrogens (tertiary/aromatic N) is 2. The summed E-state index contributed by atoms with van der Waals surface area (Å²) >= 11 is 0. The molecule has 3 rings (SSSR count). The maximum atomic E-state index is 13.7. The van der Waals surface area contributed by atoms with E-state index in [0.717, 1.165) is 11.6 Å². The maximum Gasteiger partial charge on any atom is 0.416 e. The number of amides is 1. The molecule has 0 aliphatic heterocycles.